The van der Waals surface area contributed by atoms with Gasteiger partial charge >= 0.3 is 12.1 Å². The van der Waals surface area contributed by atoms with Crippen molar-refractivity contribution in [2.75, 3.05) is 0 Å². The number of benzene rings is 1. The molecule has 2 aromatic rings. The Kier molecular flexibility index (Phi) is 7.31. The molecule has 0 saturated carbocycles. The van der Waals surface area contributed by atoms with Crippen molar-refractivity contribution in [3.05, 3.63) is 82.3 Å². The van der Waals surface area contributed by atoms with Crippen LogP contribution in [-0.2, 0) is 4.79 Å². The second kappa shape index (κ2) is 10.3. The van der Waals surface area contributed by atoms with E-state index < -0.39 is 29.7 Å². The third kappa shape index (κ3) is 5.51. The van der Waals surface area contributed by atoms with E-state index >= 15 is 0 Å². The third-order valence-electron chi connectivity index (χ3n) is 6.61. The summed E-state index contributed by atoms with van der Waals surface area (Å²) < 4.78 is 47.4. The summed E-state index contributed by atoms with van der Waals surface area (Å²) >= 11 is 0. The summed E-state index contributed by atoms with van der Waals surface area (Å²) in [6.07, 6.45) is 3.74. The van der Waals surface area contributed by atoms with E-state index in [9.17, 15) is 18.0 Å². The summed E-state index contributed by atoms with van der Waals surface area (Å²) in [6, 6.07) is 6.29. The van der Waals surface area contributed by atoms with Gasteiger partial charge in [0.1, 0.15) is 6.04 Å². The summed E-state index contributed by atoms with van der Waals surface area (Å²) in [5, 5.41) is 16.0. The number of carbonyl (C=O) groups is 1. The molecule has 0 radical (unpaired) electrons. The number of allylic oxidation sites excluding steroid dienone is 8. The second-order valence-electron chi connectivity index (χ2n) is 9.22. The van der Waals surface area contributed by atoms with E-state index in [2.05, 4.69) is 15.5 Å². The number of alkyl halides is 3. The van der Waals surface area contributed by atoms with Crippen molar-refractivity contribution < 1.29 is 27.6 Å². The molecule has 2 N–H and O–H groups in total. The van der Waals surface area contributed by atoms with Gasteiger partial charge in [-0.1, -0.05) is 59.3 Å². The molecule has 9 heteroatoms. The summed E-state index contributed by atoms with van der Waals surface area (Å²) in [6.45, 7) is 5.30. The minimum absolute atomic E-state index is 0.126. The van der Waals surface area contributed by atoms with Crippen LogP contribution >= 0.6 is 0 Å². The number of carboxylic acid groups (broad SMARTS) is 1. The number of carboxylic acids is 1. The summed E-state index contributed by atoms with van der Waals surface area (Å²) in [4.78, 5) is 15.4. The SMILES string of the molecule is CC1=C(C2=C(C(F)(F)F)CC(c3nc(-c4ccc([C@@H](C)N[C@H](C)C(=O)O)cc4)no3)C=C2)C=CCC1. The molecule has 0 bridgehead atoms. The first-order chi connectivity index (χ1) is 17.0. The Labute approximate surface area is 207 Å². The number of nitrogens with zero attached hydrogens (tertiary/aromatic N) is 2. The van der Waals surface area contributed by atoms with Crippen molar-refractivity contribution in [2.45, 2.75) is 64.2 Å². The normalized spacial score (nSPS) is 20.1. The number of rotatable bonds is 7. The molecule has 1 unspecified atom stereocenters. The fourth-order valence-electron chi connectivity index (χ4n) is 4.47. The maximum absolute atomic E-state index is 14.0. The van der Waals surface area contributed by atoms with E-state index in [4.69, 9.17) is 9.63 Å². The van der Waals surface area contributed by atoms with Gasteiger partial charge in [-0.15, -0.1) is 0 Å². The average molecular weight is 500 g/mol. The van der Waals surface area contributed by atoms with Crippen molar-refractivity contribution in [2.24, 2.45) is 0 Å². The van der Waals surface area contributed by atoms with Crippen LogP contribution < -0.4 is 5.32 Å². The smallest absolute Gasteiger partial charge is 0.413 e. The maximum atomic E-state index is 14.0. The van der Waals surface area contributed by atoms with Gasteiger partial charge in [-0.2, -0.15) is 18.2 Å². The molecule has 0 aliphatic heterocycles. The lowest BCUT2D eigenvalue weighted by Crippen LogP contribution is -2.35. The van der Waals surface area contributed by atoms with Crippen LogP contribution in [-0.4, -0.2) is 33.4 Å². The molecule has 2 aliphatic carbocycles. The summed E-state index contributed by atoms with van der Waals surface area (Å²) in [5.74, 6) is -1.21. The fourth-order valence-corrected chi connectivity index (χ4v) is 4.47. The van der Waals surface area contributed by atoms with Gasteiger partial charge in [0.25, 0.3) is 0 Å². The minimum atomic E-state index is -4.47. The Hall–Kier alpha value is -3.46. The third-order valence-corrected chi connectivity index (χ3v) is 6.61. The van der Waals surface area contributed by atoms with Gasteiger partial charge in [0, 0.05) is 17.2 Å². The van der Waals surface area contributed by atoms with Crippen molar-refractivity contribution in [1.82, 2.24) is 15.5 Å². The number of aromatic nitrogens is 2. The van der Waals surface area contributed by atoms with Gasteiger partial charge in [0.2, 0.25) is 11.7 Å². The highest BCUT2D eigenvalue weighted by Gasteiger charge is 2.40. The summed E-state index contributed by atoms with van der Waals surface area (Å²) in [5.41, 5.74) is 2.73. The predicted molar refractivity (Wildman–Crippen MR) is 129 cm³/mol. The topological polar surface area (TPSA) is 88.2 Å². The molecule has 3 atom stereocenters. The fraction of sp³-hybridized carbons (Fsp3) is 0.370. The molecule has 190 valence electrons. The zero-order valence-electron chi connectivity index (χ0n) is 20.3. The predicted octanol–water partition coefficient (Wildman–Crippen LogP) is 6.43. The Balaban J connectivity index is 1.53. The van der Waals surface area contributed by atoms with Crippen LogP contribution in [0.4, 0.5) is 13.2 Å². The van der Waals surface area contributed by atoms with Crippen LogP contribution in [0.1, 0.15) is 63.4 Å². The Morgan fingerprint density at radius 3 is 2.53 bits per heavy atom. The molecular weight excluding hydrogens is 471 g/mol. The standard InChI is InChI=1S/C27H28F3N3O3/c1-15-6-4-5-7-21(15)22-13-12-20(14-23(22)27(28,29)30)25-32-24(33-36-25)19-10-8-18(9-11-19)16(2)31-17(3)26(34)35/h5,7-13,16-17,20,31H,4,6,14H2,1-3H3,(H,34,35)/t16-,17-,20?/m1/s1. The molecule has 1 heterocycles. The molecule has 0 fully saturated rings. The Bertz CT molecular complexity index is 1250. The van der Waals surface area contributed by atoms with Crippen molar-refractivity contribution in [3.63, 3.8) is 0 Å². The molecule has 0 saturated heterocycles. The molecule has 0 spiro atoms. The van der Waals surface area contributed by atoms with Crippen LogP contribution in [0.3, 0.4) is 0 Å². The lowest BCUT2D eigenvalue weighted by atomic mass is 9.82. The average Bonchev–Trinajstić information content (AvgIpc) is 3.34. The minimum Gasteiger partial charge on any atom is -0.480 e. The van der Waals surface area contributed by atoms with E-state index in [1.165, 1.54) is 6.08 Å². The first-order valence-corrected chi connectivity index (χ1v) is 11.8. The van der Waals surface area contributed by atoms with Crippen LogP contribution in [0.25, 0.3) is 11.4 Å². The van der Waals surface area contributed by atoms with E-state index in [0.717, 1.165) is 24.0 Å². The van der Waals surface area contributed by atoms with Crippen LogP contribution in [0.2, 0.25) is 0 Å². The Morgan fingerprint density at radius 1 is 1.17 bits per heavy atom. The molecule has 6 nitrogen and oxygen atoms in total. The molecule has 36 heavy (non-hydrogen) atoms. The number of aliphatic carboxylic acids is 1. The van der Waals surface area contributed by atoms with Crippen LogP contribution in [0.15, 0.2) is 75.4 Å². The largest absolute Gasteiger partial charge is 0.480 e. The number of hydrogen-bond acceptors (Lipinski definition) is 5. The van der Waals surface area contributed by atoms with E-state index in [-0.39, 0.29) is 29.8 Å². The maximum Gasteiger partial charge on any atom is 0.413 e. The van der Waals surface area contributed by atoms with Gasteiger partial charge in [-0.3, -0.25) is 10.1 Å². The Morgan fingerprint density at radius 2 is 1.89 bits per heavy atom. The van der Waals surface area contributed by atoms with E-state index in [1.54, 1.807) is 31.2 Å². The summed E-state index contributed by atoms with van der Waals surface area (Å²) in [7, 11) is 0. The lowest BCUT2D eigenvalue weighted by Gasteiger charge is -2.25. The second-order valence-corrected chi connectivity index (χ2v) is 9.22. The highest BCUT2D eigenvalue weighted by atomic mass is 19.4. The first-order valence-electron chi connectivity index (χ1n) is 11.8. The molecule has 4 rings (SSSR count). The highest BCUT2D eigenvalue weighted by molar-refractivity contribution is 5.72. The monoisotopic (exact) mass is 499 g/mol. The molecule has 1 aromatic heterocycles. The van der Waals surface area contributed by atoms with Crippen molar-refractivity contribution >= 4 is 5.97 Å². The van der Waals surface area contributed by atoms with Crippen LogP contribution in [0, 0.1) is 0 Å². The van der Waals surface area contributed by atoms with Crippen LogP contribution in [0.5, 0.6) is 0 Å². The quantitative estimate of drug-likeness (QED) is 0.457. The van der Waals surface area contributed by atoms with E-state index in [1.807, 2.05) is 32.1 Å². The van der Waals surface area contributed by atoms with Gasteiger partial charge in [0.05, 0.1) is 5.92 Å². The van der Waals surface area contributed by atoms with Gasteiger partial charge in [-0.25, -0.2) is 0 Å². The molecule has 1 aromatic carbocycles. The van der Waals surface area contributed by atoms with Gasteiger partial charge < -0.3 is 9.63 Å². The molecule has 2 aliphatic rings. The zero-order valence-corrected chi connectivity index (χ0v) is 20.3. The number of halogens is 3. The van der Waals surface area contributed by atoms with Gasteiger partial charge in [0.15, 0.2) is 0 Å². The van der Waals surface area contributed by atoms with E-state index in [0.29, 0.717) is 11.1 Å². The van der Waals surface area contributed by atoms with Crippen molar-refractivity contribution in [3.8, 4) is 11.4 Å². The van der Waals surface area contributed by atoms with Gasteiger partial charge in [-0.05, 0) is 56.7 Å². The number of nitrogens with one attached hydrogen (secondary N) is 1. The lowest BCUT2D eigenvalue weighted by molar-refractivity contribution is -0.139. The highest BCUT2D eigenvalue weighted by Crippen LogP contribution is 2.43. The number of hydrogen-bond donors (Lipinski definition) is 2. The molecule has 0 amide bonds. The zero-order chi connectivity index (χ0) is 26.0. The first kappa shape index (κ1) is 25.6. The molecular formula is C27H28F3N3O3. The van der Waals surface area contributed by atoms with Crippen molar-refractivity contribution in [1.29, 1.82) is 0 Å².